The molecule has 5 nitrogen and oxygen atoms in total. The van der Waals surface area contributed by atoms with E-state index in [0.717, 1.165) is 33.3 Å². The van der Waals surface area contributed by atoms with Crippen LogP contribution in [0.3, 0.4) is 0 Å². The molecule has 1 atom stereocenters. The fourth-order valence-electron chi connectivity index (χ4n) is 3.03. The number of carboxylic acid groups (broad SMARTS) is 1. The highest BCUT2D eigenvalue weighted by atomic mass is 16.4. The molecule has 1 unspecified atom stereocenters. The first-order valence-electron chi connectivity index (χ1n) is 8.46. The molecule has 0 bridgehead atoms. The molecular weight excluding hydrogens is 314 g/mol. The number of nitrogens with two attached hydrogens (primary N) is 1. The van der Waals surface area contributed by atoms with Crippen LogP contribution in [-0.4, -0.2) is 26.7 Å². The van der Waals surface area contributed by atoms with Gasteiger partial charge < -0.3 is 15.4 Å². The molecule has 3 N–H and O–H groups in total. The zero-order valence-corrected chi connectivity index (χ0v) is 15.2. The fourth-order valence-corrected chi connectivity index (χ4v) is 3.03. The monoisotopic (exact) mass is 339 g/mol. The highest BCUT2D eigenvalue weighted by Crippen LogP contribution is 2.34. The van der Waals surface area contributed by atoms with E-state index in [1.807, 2.05) is 58.2 Å². The van der Waals surface area contributed by atoms with Gasteiger partial charge >= 0.3 is 5.97 Å². The van der Waals surface area contributed by atoms with Gasteiger partial charge in [0, 0.05) is 42.5 Å². The van der Waals surface area contributed by atoms with Gasteiger partial charge in [0.25, 0.3) is 0 Å². The maximum atomic E-state index is 11.2. The molecule has 3 rings (SSSR count). The maximum absolute atomic E-state index is 11.2. The van der Waals surface area contributed by atoms with E-state index in [1.165, 1.54) is 0 Å². The van der Waals surface area contributed by atoms with Crippen molar-refractivity contribution < 1.29 is 9.90 Å². The molecule has 2 heterocycles. The zero-order valence-electron chi connectivity index (χ0n) is 15.2. The van der Waals surface area contributed by atoms with Crippen LogP contribution in [0.1, 0.15) is 25.1 Å². The van der Waals surface area contributed by atoms with Crippen molar-refractivity contribution in [3.05, 3.63) is 54.0 Å². The van der Waals surface area contributed by atoms with Crippen molar-refractivity contribution in [3.8, 4) is 11.1 Å². The summed E-state index contributed by atoms with van der Waals surface area (Å²) in [5, 5.41) is 10.2. The number of aliphatic carboxylic acids is 1. The topological polar surface area (TPSA) is 81.1 Å². The summed E-state index contributed by atoms with van der Waals surface area (Å²) in [6.07, 6.45) is 3.82. The number of hydrogen-bond donors (Lipinski definition) is 2. The summed E-state index contributed by atoms with van der Waals surface area (Å²) in [6, 6.07) is 9.11. The summed E-state index contributed by atoms with van der Waals surface area (Å²) in [5.74, 6) is -0.984. The van der Waals surface area contributed by atoms with Gasteiger partial charge in [-0.25, -0.2) is 0 Å². The molecule has 0 saturated heterocycles. The second-order valence-corrected chi connectivity index (χ2v) is 5.71. The molecule has 0 fully saturated rings. The van der Waals surface area contributed by atoms with Crippen molar-refractivity contribution in [2.45, 2.75) is 33.2 Å². The molecule has 132 valence electrons. The Morgan fingerprint density at radius 3 is 2.48 bits per heavy atom. The molecule has 25 heavy (non-hydrogen) atoms. The van der Waals surface area contributed by atoms with Gasteiger partial charge in [-0.15, -0.1) is 0 Å². The Bertz CT molecular complexity index is 870. The Morgan fingerprint density at radius 2 is 1.88 bits per heavy atom. The molecule has 5 heteroatoms. The molecule has 3 aromatic rings. The van der Waals surface area contributed by atoms with E-state index < -0.39 is 12.0 Å². The molecule has 0 spiro atoms. The third-order valence-electron chi connectivity index (χ3n) is 4.38. The third kappa shape index (κ3) is 3.56. The normalized spacial score (nSPS) is 11.7. The Balaban J connectivity index is 0.00000109. The number of hydrogen-bond acceptors (Lipinski definition) is 3. The van der Waals surface area contributed by atoms with Gasteiger partial charge in [-0.3, -0.25) is 9.78 Å². The van der Waals surface area contributed by atoms with Crippen molar-refractivity contribution in [1.82, 2.24) is 9.55 Å². The smallest absolute Gasteiger partial charge is 0.320 e. The summed E-state index contributed by atoms with van der Waals surface area (Å²) >= 11 is 0. The van der Waals surface area contributed by atoms with Crippen LogP contribution >= 0.6 is 0 Å². The number of fused-ring (bicyclic) bond motifs is 1. The van der Waals surface area contributed by atoms with Crippen molar-refractivity contribution in [2.24, 2.45) is 12.8 Å². The van der Waals surface area contributed by atoms with E-state index in [-0.39, 0.29) is 0 Å². The SMILES string of the molecule is CC.Cc1c(CC(N)C(=O)O)c2c(-c3ccncc3)cccc2n1C. The number of carboxylic acids is 1. The molecule has 1 aromatic carbocycles. The van der Waals surface area contributed by atoms with Crippen LogP contribution in [0.4, 0.5) is 0 Å². The average molecular weight is 339 g/mol. The molecule has 0 aliphatic rings. The Labute approximate surface area is 148 Å². The first kappa shape index (κ1) is 18.7. The lowest BCUT2D eigenvalue weighted by Crippen LogP contribution is -2.32. The molecule has 0 saturated carbocycles. The van der Waals surface area contributed by atoms with Gasteiger partial charge in [0.05, 0.1) is 0 Å². The highest BCUT2D eigenvalue weighted by Gasteiger charge is 2.21. The quantitative estimate of drug-likeness (QED) is 0.762. The number of nitrogens with zero attached hydrogens (tertiary/aromatic N) is 2. The van der Waals surface area contributed by atoms with Gasteiger partial charge in [-0.05, 0) is 41.8 Å². The molecule has 0 amide bonds. The van der Waals surface area contributed by atoms with Gasteiger partial charge in [-0.1, -0.05) is 26.0 Å². The van der Waals surface area contributed by atoms with E-state index in [2.05, 4.69) is 9.55 Å². The summed E-state index contributed by atoms with van der Waals surface area (Å²) in [5.41, 5.74) is 11.0. The van der Waals surface area contributed by atoms with Crippen LogP contribution < -0.4 is 5.73 Å². The number of benzene rings is 1. The number of pyridine rings is 1. The maximum Gasteiger partial charge on any atom is 0.320 e. The number of aromatic nitrogens is 2. The second-order valence-electron chi connectivity index (χ2n) is 5.71. The van der Waals surface area contributed by atoms with E-state index >= 15 is 0 Å². The first-order chi connectivity index (χ1) is 12.0. The lowest BCUT2D eigenvalue weighted by atomic mass is 9.96. The standard InChI is InChI=1S/C18H19N3O2.C2H6/c1-11-14(10-15(19)18(22)23)17-13(12-6-8-20-9-7-12)4-3-5-16(17)21(11)2;1-2/h3-9,15H,10,19H2,1-2H3,(H,22,23);1-2H3. The Morgan fingerprint density at radius 1 is 1.24 bits per heavy atom. The lowest BCUT2D eigenvalue weighted by Gasteiger charge is -2.09. The average Bonchev–Trinajstić information content (AvgIpc) is 2.89. The third-order valence-corrected chi connectivity index (χ3v) is 4.38. The summed E-state index contributed by atoms with van der Waals surface area (Å²) in [6.45, 7) is 6.00. The van der Waals surface area contributed by atoms with Gasteiger partial charge in [0.1, 0.15) is 6.04 Å². The Kier molecular flexibility index (Phi) is 5.93. The van der Waals surface area contributed by atoms with Crippen LogP contribution in [-0.2, 0) is 18.3 Å². The van der Waals surface area contributed by atoms with E-state index in [4.69, 9.17) is 10.8 Å². The Hall–Kier alpha value is -2.66. The minimum absolute atomic E-state index is 0.306. The first-order valence-corrected chi connectivity index (χ1v) is 8.46. The largest absolute Gasteiger partial charge is 0.480 e. The van der Waals surface area contributed by atoms with Crippen molar-refractivity contribution in [2.75, 3.05) is 0 Å². The van der Waals surface area contributed by atoms with Crippen LogP contribution in [0.5, 0.6) is 0 Å². The van der Waals surface area contributed by atoms with Gasteiger partial charge in [-0.2, -0.15) is 0 Å². The molecule has 2 aromatic heterocycles. The number of rotatable bonds is 4. The minimum atomic E-state index is -0.984. The minimum Gasteiger partial charge on any atom is -0.480 e. The number of aryl methyl sites for hydroxylation is 1. The highest BCUT2D eigenvalue weighted by molar-refractivity contribution is 5.99. The fraction of sp³-hybridized carbons (Fsp3) is 0.300. The van der Waals surface area contributed by atoms with Gasteiger partial charge in [0.15, 0.2) is 0 Å². The van der Waals surface area contributed by atoms with Crippen LogP contribution in [0, 0.1) is 6.92 Å². The van der Waals surface area contributed by atoms with Crippen molar-refractivity contribution in [3.63, 3.8) is 0 Å². The molecule has 0 radical (unpaired) electrons. The predicted molar refractivity (Wildman–Crippen MR) is 102 cm³/mol. The van der Waals surface area contributed by atoms with Crippen LogP contribution in [0.25, 0.3) is 22.0 Å². The van der Waals surface area contributed by atoms with Crippen molar-refractivity contribution in [1.29, 1.82) is 0 Å². The second kappa shape index (κ2) is 7.94. The summed E-state index contributed by atoms with van der Waals surface area (Å²) in [7, 11) is 1.99. The summed E-state index contributed by atoms with van der Waals surface area (Å²) in [4.78, 5) is 15.2. The summed E-state index contributed by atoms with van der Waals surface area (Å²) < 4.78 is 2.09. The van der Waals surface area contributed by atoms with Gasteiger partial charge in [0.2, 0.25) is 0 Å². The zero-order chi connectivity index (χ0) is 18.6. The van der Waals surface area contributed by atoms with E-state index in [1.54, 1.807) is 12.4 Å². The molecular formula is C20H25N3O2. The van der Waals surface area contributed by atoms with E-state index in [9.17, 15) is 4.79 Å². The number of carbonyl (C=O) groups is 1. The molecule has 0 aliphatic heterocycles. The van der Waals surface area contributed by atoms with Crippen LogP contribution in [0.2, 0.25) is 0 Å². The lowest BCUT2D eigenvalue weighted by molar-refractivity contribution is -0.138. The van der Waals surface area contributed by atoms with E-state index in [0.29, 0.717) is 6.42 Å². The predicted octanol–water partition coefficient (Wildman–Crippen LogP) is 3.53. The van der Waals surface area contributed by atoms with Crippen molar-refractivity contribution >= 4 is 16.9 Å². The van der Waals surface area contributed by atoms with Crippen LogP contribution in [0.15, 0.2) is 42.7 Å². The molecule has 0 aliphatic carbocycles.